The van der Waals surface area contributed by atoms with Crippen molar-refractivity contribution < 1.29 is 9.66 Å². The lowest BCUT2D eigenvalue weighted by molar-refractivity contribution is -0.385. The van der Waals surface area contributed by atoms with Gasteiger partial charge < -0.3 is 10.1 Å². The Balaban J connectivity index is 1.95. The SMILES string of the molecule is CNc1ncnc(OCCCc2ccccc2)c1[N+](=O)[O-]. The van der Waals surface area contributed by atoms with Gasteiger partial charge in [-0.2, -0.15) is 4.98 Å². The van der Waals surface area contributed by atoms with Crippen LogP contribution in [0, 0.1) is 10.1 Å². The van der Waals surface area contributed by atoms with E-state index in [4.69, 9.17) is 4.74 Å². The number of hydrogen-bond donors (Lipinski definition) is 1. The quantitative estimate of drug-likeness (QED) is 0.478. The average Bonchev–Trinajstić information content (AvgIpc) is 2.52. The van der Waals surface area contributed by atoms with Gasteiger partial charge in [0.15, 0.2) is 0 Å². The second-order valence-corrected chi connectivity index (χ2v) is 4.32. The first kappa shape index (κ1) is 14.7. The number of hydrogen-bond acceptors (Lipinski definition) is 6. The van der Waals surface area contributed by atoms with E-state index in [1.54, 1.807) is 7.05 Å². The number of nitro groups is 1. The number of nitrogens with zero attached hydrogens (tertiary/aromatic N) is 3. The zero-order chi connectivity index (χ0) is 15.1. The summed E-state index contributed by atoms with van der Waals surface area (Å²) in [6.07, 6.45) is 2.84. The maximum Gasteiger partial charge on any atom is 0.372 e. The molecule has 110 valence electrons. The topological polar surface area (TPSA) is 90.2 Å². The molecular weight excluding hydrogens is 272 g/mol. The van der Waals surface area contributed by atoms with Crippen LogP contribution in [0.25, 0.3) is 0 Å². The predicted octanol–water partition coefficient (Wildman–Crippen LogP) is 2.44. The van der Waals surface area contributed by atoms with Crippen LogP contribution in [0.4, 0.5) is 11.5 Å². The molecule has 0 aliphatic carbocycles. The van der Waals surface area contributed by atoms with E-state index in [2.05, 4.69) is 15.3 Å². The van der Waals surface area contributed by atoms with Gasteiger partial charge >= 0.3 is 5.69 Å². The van der Waals surface area contributed by atoms with Crippen LogP contribution in [0.2, 0.25) is 0 Å². The second kappa shape index (κ2) is 7.18. The number of rotatable bonds is 7. The fraction of sp³-hybridized carbons (Fsp3) is 0.286. The van der Waals surface area contributed by atoms with Crippen molar-refractivity contribution in [3.05, 3.63) is 52.3 Å². The summed E-state index contributed by atoms with van der Waals surface area (Å²) in [5, 5.41) is 13.7. The van der Waals surface area contributed by atoms with Gasteiger partial charge in [0, 0.05) is 7.05 Å². The molecule has 0 radical (unpaired) electrons. The summed E-state index contributed by atoms with van der Waals surface area (Å²) in [5.41, 5.74) is 0.967. The number of aromatic nitrogens is 2. The predicted molar refractivity (Wildman–Crippen MR) is 78.5 cm³/mol. The Bertz CT molecular complexity index is 604. The van der Waals surface area contributed by atoms with Crippen LogP contribution in [0.5, 0.6) is 5.88 Å². The summed E-state index contributed by atoms with van der Waals surface area (Å²) in [6.45, 7) is 0.357. The molecule has 7 nitrogen and oxygen atoms in total. The van der Waals surface area contributed by atoms with Gasteiger partial charge in [-0.15, -0.1) is 0 Å². The molecule has 7 heteroatoms. The van der Waals surface area contributed by atoms with E-state index in [-0.39, 0.29) is 17.4 Å². The lowest BCUT2D eigenvalue weighted by Crippen LogP contribution is -2.07. The zero-order valence-electron chi connectivity index (χ0n) is 11.7. The summed E-state index contributed by atoms with van der Waals surface area (Å²) in [6, 6.07) is 9.98. The monoisotopic (exact) mass is 288 g/mol. The largest absolute Gasteiger partial charge is 0.473 e. The normalized spacial score (nSPS) is 10.1. The van der Waals surface area contributed by atoms with Crippen LogP contribution in [0.3, 0.4) is 0 Å². The number of anilines is 1. The fourth-order valence-corrected chi connectivity index (χ4v) is 1.91. The van der Waals surface area contributed by atoms with Crippen molar-refractivity contribution in [2.45, 2.75) is 12.8 Å². The van der Waals surface area contributed by atoms with Crippen molar-refractivity contribution >= 4 is 11.5 Å². The molecule has 1 N–H and O–H groups in total. The van der Waals surface area contributed by atoms with Crippen LogP contribution in [0.1, 0.15) is 12.0 Å². The first-order valence-electron chi connectivity index (χ1n) is 6.56. The molecule has 1 aromatic carbocycles. The zero-order valence-corrected chi connectivity index (χ0v) is 11.7. The molecule has 0 fully saturated rings. The Kier molecular flexibility index (Phi) is 5.03. The Morgan fingerprint density at radius 1 is 1.29 bits per heavy atom. The highest BCUT2D eigenvalue weighted by molar-refractivity contribution is 5.60. The minimum absolute atomic E-state index is 0.00703. The molecule has 1 aromatic heterocycles. The third-order valence-electron chi connectivity index (χ3n) is 2.90. The number of aryl methyl sites for hydroxylation is 1. The van der Waals surface area contributed by atoms with Gasteiger partial charge in [-0.25, -0.2) is 4.98 Å². The van der Waals surface area contributed by atoms with Gasteiger partial charge in [-0.05, 0) is 18.4 Å². The Morgan fingerprint density at radius 3 is 2.71 bits per heavy atom. The third kappa shape index (κ3) is 3.88. The molecule has 0 bridgehead atoms. The minimum atomic E-state index is -0.543. The first-order chi connectivity index (χ1) is 10.2. The van der Waals surface area contributed by atoms with E-state index in [1.165, 1.54) is 11.9 Å². The van der Waals surface area contributed by atoms with Gasteiger partial charge in [0.1, 0.15) is 6.33 Å². The van der Waals surface area contributed by atoms with Crippen molar-refractivity contribution in [1.82, 2.24) is 9.97 Å². The Hall–Kier alpha value is -2.70. The maximum absolute atomic E-state index is 11.1. The Morgan fingerprint density at radius 2 is 2.05 bits per heavy atom. The molecule has 2 aromatic rings. The lowest BCUT2D eigenvalue weighted by Gasteiger charge is -2.07. The summed E-state index contributed by atoms with van der Waals surface area (Å²) >= 11 is 0. The standard InChI is InChI=1S/C14H16N4O3/c1-15-13-12(18(19)20)14(17-10-16-13)21-9-5-8-11-6-3-2-4-7-11/h2-4,6-7,10H,5,8-9H2,1H3,(H,15,16,17). The van der Waals surface area contributed by atoms with Gasteiger partial charge in [0.25, 0.3) is 5.88 Å². The molecule has 0 amide bonds. The average molecular weight is 288 g/mol. The molecule has 0 atom stereocenters. The van der Waals surface area contributed by atoms with E-state index in [1.807, 2.05) is 30.3 Å². The lowest BCUT2D eigenvalue weighted by atomic mass is 10.1. The first-order valence-corrected chi connectivity index (χ1v) is 6.56. The van der Waals surface area contributed by atoms with Crippen LogP contribution in [-0.4, -0.2) is 28.5 Å². The van der Waals surface area contributed by atoms with E-state index >= 15 is 0 Å². The highest BCUT2D eigenvalue weighted by atomic mass is 16.6. The van der Waals surface area contributed by atoms with Crippen molar-refractivity contribution in [3.8, 4) is 5.88 Å². The molecule has 1 heterocycles. The molecule has 2 rings (SSSR count). The van der Waals surface area contributed by atoms with E-state index in [0.717, 1.165) is 12.8 Å². The molecule has 0 saturated heterocycles. The van der Waals surface area contributed by atoms with E-state index in [0.29, 0.717) is 6.61 Å². The molecule has 0 spiro atoms. The molecule has 0 aliphatic rings. The smallest absolute Gasteiger partial charge is 0.372 e. The van der Waals surface area contributed by atoms with Crippen LogP contribution >= 0.6 is 0 Å². The van der Waals surface area contributed by atoms with Gasteiger partial charge in [-0.3, -0.25) is 10.1 Å². The summed E-state index contributed by atoms with van der Waals surface area (Å²) in [4.78, 5) is 18.2. The molecule has 0 saturated carbocycles. The van der Waals surface area contributed by atoms with Gasteiger partial charge in [0.2, 0.25) is 5.82 Å². The van der Waals surface area contributed by atoms with Crippen LogP contribution in [-0.2, 0) is 6.42 Å². The maximum atomic E-state index is 11.1. The number of benzene rings is 1. The molecular formula is C14H16N4O3. The van der Waals surface area contributed by atoms with Crippen molar-refractivity contribution in [3.63, 3.8) is 0 Å². The summed E-state index contributed by atoms with van der Waals surface area (Å²) in [7, 11) is 1.56. The summed E-state index contributed by atoms with van der Waals surface area (Å²) < 4.78 is 5.43. The number of ether oxygens (including phenoxy) is 1. The van der Waals surface area contributed by atoms with Gasteiger partial charge in [0.05, 0.1) is 11.5 Å². The van der Waals surface area contributed by atoms with E-state index < -0.39 is 4.92 Å². The van der Waals surface area contributed by atoms with E-state index in [9.17, 15) is 10.1 Å². The Labute approximate surface area is 122 Å². The number of nitrogens with one attached hydrogen (secondary N) is 1. The fourth-order valence-electron chi connectivity index (χ4n) is 1.91. The third-order valence-corrected chi connectivity index (χ3v) is 2.90. The van der Waals surface area contributed by atoms with Crippen molar-refractivity contribution in [2.75, 3.05) is 19.0 Å². The molecule has 0 aliphatic heterocycles. The molecule has 21 heavy (non-hydrogen) atoms. The van der Waals surface area contributed by atoms with Crippen molar-refractivity contribution in [2.24, 2.45) is 0 Å². The minimum Gasteiger partial charge on any atom is -0.473 e. The van der Waals surface area contributed by atoms with Crippen LogP contribution < -0.4 is 10.1 Å². The van der Waals surface area contributed by atoms with Crippen LogP contribution in [0.15, 0.2) is 36.7 Å². The van der Waals surface area contributed by atoms with Gasteiger partial charge in [-0.1, -0.05) is 30.3 Å². The summed E-state index contributed by atoms with van der Waals surface area (Å²) in [5.74, 6) is 0.139. The highest BCUT2D eigenvalue weighted by Crippen LogP contribution is 2.30. The second-order valence-electron chi connectivity index (χ2n) is 4.32. The highest BCUT2D eigenvalue weighted by Gasteiger charge is 2.23. The van der Waals surface area contributed by atoms with Crippen molar-refractivity contribution in [1.29, 1.82) is 0 Å². The molecule has 0 unspecified atom stereocenters.